The normalized spacial score (nSPS) is 17.6. The van der Waals surface area contributed by atoms with Gasteiger partial charge < -0.3 is 20.1 Å². The van der Waals surface area contributed by atoms with Crippen LogP contribution in [0.4, 0.5) is 0 Å². The summed E-state index contributed by atoms with van der Waals surface area (Å²) in [5.74, 6) is -1.73. The van der Waals surface area contributed by atoms with Gasteiger partial charge in [-0.05, 0) is 60.0 Å². The molecule has 6 nitrogen and oxygen atoms in total. The van der Waals surface area contributed by atoms with Gasteiger partial charge in [0.25, 0.3) is 11.7 Å². The molecule has 0 aliphatic carbocycles. The Balaban J connectivity index is 1.57. The predicted molar refractivity (Wildman–Crippen MR) is 131 cm³/mol. The number of amides is 1. The van der Waals surface area contributed by atoms with E-state index >= 15 is 0 Å². The molecule has 0 saturated carbocycles. The van der Waals surface area contributed by atoms with E-state index in [0.29, 0.717) is 22.6 Å². The lowest BCUT2D eigenvalue weighted by Gasteiger charge is -2.25. The Morgan fingerprint density at radius 3 is 2.53 bits per heavy atom. The van der Waals surface area contributed by atoms with Crippen molar-refractivity contribution in [1.29, 1.82) is 0 Å². The number of carbonyl (C=O) groups excluding carboxylic acids is 2. The fourth-order valence-electron chi connectivity index (χ4n) is 4.49. The maximum absolute atomic E-state index is 13.1. The summed E-state index contributed by atoms with van der Waals surface area (Å²) in [6.45, 7) is 0.254. The number of ketones is 1. The van der Waals surface area contributed by atoms with E-state index in [9.17, 15) is 19.8 Å². The van der Waals surface area contributed by atoms with Crippen LogP contribution in [-0.2, 0) is 16.0 Å². The first-order valence-electron chi connectivity index (χ1n) is 10.8. The van der Waals surface area contributed by atoms with E-state index < -0.39 is 17.7 Å². The number of aliphatic hydroxyl groups excluding tert-OH is 1. The Kier molecular flexibility index (Phi) is 5.59. The predicted octanol–water partition coefficient (Wildman–Crippen LogP) is 5.19. The van der Waals surface area contributed by atoms with Crippen molar-refractivity contribution < 1.29 is 19.8 Å². The molecular weight excluding hydrogens is 452 g/mol. The Hall–Kier alpha value is -4.03. The third-order valence-electron chi connectivity index (χ3n) is 6.14. The van der Waals surface area contributed by atoms with Gasteiger partial charge in [-0.25, -0.2) is 0 Å². The van der Waals surface area contributed by atoms with Crippen molar-refractivity contribution in [2.24, 2.45) is 0 Å². The third kappa shape index (κ3) is 3.82. The van der Waals surface area contributed by atoms with Gasteiger partial charge >= 0.3 is 0 Å². The number of aromatic hydroxyl groups is 1. The van der Waals surface area contributed by atoms with E-state index in [-0.39, 0.29) is 23.6 Å². The molecule has 1 saturated heterocycles. The number of aromatic amines is 1. The summed E-state index contributed by atoms with van der Waals surface area (Å²) >= 11 is 5.97. The smallest absolute Gasteiger partial charge is 0.295 e. The second kappa shape index (κ2) is 8.72. The maximum Gasteiger partial charge on any atom is 0.295 e. The minimum absolute atomic E-state index is 0.00575. The van der Waals surface area contributed by atoms with Crippen molar-refractivity contribution in [3.8, 4) is 5.75 Å². The molecule has 1 fully saturated rings. The number of para-hydroxylation sites is 1. The number of phenolic OH excluding ortho intramolecular Hbond substituents is 1. The summed E-state index contributed by atoms with van der Waals surface area (Å²) in [4.78, 5) is 31.0. The molecule has 34 heavy (non-hydrogen) atoms. The zero-order valence-electron chi connectivity index (χ0n) is 18.0. The highest BCUT2D eigenvalue weighted by Gasteiger charge is 2.46. The fraction of sp³-hybridized carbons (Fsp3) is 0.111. The molecule has 3 aromatic carbocycles. The number of Topliss-reactive ketones (excluding diaryl/α,β-unsaturated/α-hetero) is 1. The zero-order chi connectivity index (χ0) is 23.8. The molecule has 170 valence electrons. The van der Waals surface area contributed by atoms with Crippen molar-refractivity contribution in [2.75, 3.05) is 6.54 Å². The Labute approximate surface area is 200 Å². The van der Waals surface area contributed by atoms with Crippen LogP contribution in [0.2, 0.25) is 5.02 Å². The number of H-pyrrole nitrogens is 1. The first-order valence-corrected chi connectivity index (χ1v) is 11.2. The molecule has 1 aliphatic heterocycles. The van der Waals surface area contributed by atoms with Gasteiger partial charge in [-0.3, -0.25) is 9.59 Å². The number of nitrogens with one attached hydrogen (secondary N) is 1. The van der Waals surface area contributed by atoms with Crippen molar-refractivity contribution in [1.82, 2.24) is 9.88 Å². The van der Waals surface area contributed by atoms with Crippen molar-refractivity contribution >= 4 is 40.0 Å². The number of hydrogen-bond donors (Lipinski definition) is 3. The number of phenols is 1. The molecule has 1 aliphatic rings. The van der Waals surface area contributed by atoms with Gasteiger partial charge in [-0.15, -0.1) is 0 Å². The zero-order valence-corrected chi connectivity index (χ0v) is 18.8. The number of rotatable bonds is 5. The van der Waals surface area contributed by atoms with Gasteiger partial charge in [0.1, 0.15) is 11.5 Å². The number of hydrogen-bond acceptors (Lipinski definition) is 4. The number of aromatic nitrogens is 1. The quantitative estimate of drug-likeness (QED) is 0.211. The fourth-order valence-corrected chi connectivity index (χ4v) is 4.62. The van der Waals surface area contributed by atoms with Gasteiger partial charge in [0.05, 0.1) is 11.6 Å². The van der Waals surface area contributed by atoms with E-state index in [1.807, 2.05) is 30.5 Å². The largest absolute Gasteiger partial charge is 0.508 e. The third-order valence-corrected chi connectivity index (χ3v) is 6.39. The first-order chi connectivity index (χ1) is 16.4. The van der Waals surface area contributed by atoms with Crippen LogP contribution >= 0.6 is 11.6 Å². The summed E-state index contributed by atoms with van der Waals surface area (Å²) in [5, 5.41) is 22.7. The molecule has 0 spiro atoms. The molecule has 5 rings (SSSR count). The van der Waals surface area contributed by atoms with Crippen LogP contribution in [0.1, 0.15) is 22.7 Å². The lowest BCUT2D eigenvalue weighted by Crippen LogP contribution is -2.31. The van der Waals surface area contributed by atoms with E-state index in [1.165, 1.54) is 17.0 Å². The average molecular weight is 473 g/mol. The van der Waals surface area contributed by atoms with Crippen LogP contribution in [0.15, 0.2) is 84.6 Å². The van der Waals surface area contributed by atoms with Crippen molar-refractivity contribution in [2.45, 2.75) is 12.5 Å². The molecular formula is C27H21ClN2O4. The second-order valence-corrected chi connectivity index (χ2v) is 8.64. The number of carbonyl (C=O) groups is 2. The molecule has 1 atom stereocenters. The molecule has 3 N–H and O–H groups in total. The van der Waals surface area contributed by atoms with Crippen molar-refractivity contribution in [3.63, 3.8) is 0 Å². The summed E-state index contributed by atoms with van der Waals surface area (Å²) in [7, 11) is 0. The highest BCUT2D eigenvalue weighted by atomic mass is 35.5. The standard InChI is InChI=1S/C27H21ClN2O4/c28-19-10-8-16(9-11-19)25(32)23-24(17-4-3-5-20(31)14-17)30(27(34)26(23)33)13-12-18-15-29-22-7-2-1-6-21(18)22/h1-11,14-15,24,29,31-32H,12-13H2/b25-23+. The number of benzene rings is 3. The lowest BCUT2D eigenvalue weighted by molar-refractivity contribution is -0.139. The van der Waals surface area contributed by atoms with Crippen molar-refractivity contribution in [3.05, 3.63) is 106 Å². The van der Waals surface area contributed by atoms with E-state index in [1.54, 1.807) is 36.4 Å². The molecule has 4 aromatic rings. The topological polar surface area (TPSA) is 93.6 Å². The van der Waals surface area contributed by atoms with Gasteiger partial charge in [-0.2, -0.15) is 0 Å². The molecule has 1 unspecified atom stereocenters. The number of halogens is 1. The van der Waals surface area contributed by atoms with Crippen LogP contribution in [0, 0.1) is 0 Å². The molecule has 0 radical (unpaired) electrons. The average Bonchev–Trinajstić information content (AvgIpc) is 3.36. The van der Waals surface area contributed by atoms with E-state index in [0.717, 1.165) is 16.5 Å². The summed E-state index contributed by atoms with van der Waals surface area (Å²) in [6, 6.07) is 19.8. The number of fused-ring (bicyclic) bond motifs is 1. The van der Waals surface area contributed by atoms with Crippen LogP contribution < -0.4 is 0 Å². The molecule has 1 aromatic heterocycles. The lowest BCUT2D eigenvalue weighted by atomic mass is 9.95. The van der Waals surface area contributed by atoms with E-state index in [2.05, 4.69) is 4.98 Å². The minimum atomic E-state index is -0.840. The molecule has 2 heterocycles. The summed E-state index contributed by atoms with van der Waals surface area (Å²) in [6.07, 6.45) is 2.41. The van der Waals surface area contributed by atoms with Gasteiger partial charge in [0.15, 0.2) is 0 Å². The highest BCUT2D eigenvalue weighted by Crippen LogP contribution is 2.40. The summed E-state index contributed by atoms with van der Waals surface area (Å²) in [5.41, 5.74) is 2.91. The number of nitrogens with zero attached hydrogens (tertiary/aromatic N) is 1. The first kappa shape index (κ1) is 21.8. The van der Waals surface area contributed by atoms with Gasteiger partial charge in [0.2, 0.25) is 0 Å². The maximum atomic E-state index is 13.1. The highest BCUT2D eigenvalue weighted by molar-refractivity contribution is 6.46. The van der Waals surface area contributed by atoms with E-state index in [4.69, 9.17) is 11.6 Å². The SMILES string of the molecule is O=C1C(=O)N(CCc2c[nH]c3ccccc23)C(c2cccc(O)c2)/C1=C(\O)c1ccc(Cl)cc1. The van der Waals surface area contributed by atoms with Crippen LogP contribution in [0.3, 0.4) is 0 Å². The Morgan fingerprint density at radius 2 is 1.76 bits per heavy atom. The van der Waals surface area contributed by atoms with Crippen LogP contribution in [0.25, 0.3) is 16.7 Å². The number of aliphatic hydroxyl groups is 1. The molecule has 0 bridgehead atoms. The number of likely N-dealkylation sites (tertiary alicyclic amines) is 1. The monoisotopic (exact) mass is 472 g/mol. The Bertz CT molecular complexity index is 1440. The van der Waals surface area contributed by atoms with Crippen LogP contribution in [-0.4, -0.2) is 38.3 Å². The Morgan fingerprint density at radius 1 is 1.00 bits per heavy atom. The molecule has 1 amide bonds. The summed E-state index contributed by atoms with van der Waals surface area (Å²) < 4.78 is 0. The minimum Gasteiger partial charge on any atom is -0.508 e. The van der Waals surface area contributed by atoms with Gasteiger partial charge in [0, 0.05) is 34.2 Å². The second-order valence-electron chi connectivity index (χ2n) is 8.20. The van der Waals surface area contributed by atoms with Gasteiger partial charge in [-0.1, -0.05) is 41.9 Å². The molecule has 7 heteroatoms. The van der Waals surface area contributed by atoms with Crippen LogP contribution in [0.5, 0.6) is 5.75 Å².